The van der Waals surface area contributed by atoms with Crippen molar-refractivity contribution in [2.75, 3.05) is 0 Å². The quantitative estimate of drug-likeness (QED) is 0.672. The van der Waals surface area contributed by atoms with E-state index in [2.05, 4.69) is 10.3 Å². The Bertz CT molecular complexity index is 1060. The molecule has 0 aliphatic heterocycles. The highest BCUT2D eigenvalue weighted by Crippen LogP contribution is 2.33. The first-order chi connectivity index (χ1) is 14.0. The number of carboxylic acid groups (broad SMARTS) is 1. The van der Waals surface area contributed by atoms with Crippen LogP contribution in [0.4, 0.5) is 4.39 Å². The van der Waals surface area contributed by atoms with Gasteiger partial charge in [-0.15, -0.1) is 0 Å². The third-order valence-corrected chi connectivity index (χ3v) is 5.45. The summed E-state index contributed by atoms with van der Waals surface area (Å²) in [5.41, 5.74) is 3.60. The minimum atomic E-state index is -0.931. The number of hydrogen-bond donors (Lipinski definition) is 2. The second-order valence-electron chi connectivity index (χ2n) is 7.44. The first-order valence-electron chi connectivity index (χ1n) is 9.71. The number of carbonyl (C=O) groups is 2. The molecule has 0 saturated carbocycles. The standard InChI is InChI=1S/C22H22FN3O3/c23-15-4-6-19-17(10-15)18-11-16(5-7-20(18)26(19)13-22(28)29)25-21(27)8-3-14-2-1-9-24-12-14/h1-2,4,6,9-10,12,16H,3,5,7-8,11,13H2,(H,25,27)(H,28,29)/t16-/m0/s1. The molecule has 0 radical (unpaired) electrons. The SMILES string of the molecule is O=C(O)Cn1c2c(c3cc(F)ccc31)C[C@@H](NC(=O)CCc1cccnc1)CC2. The van der Waals surface area contributed by atoms with E-state index in [4.69, 9.17) is 0 Å². The van der Waals surface area contributed by atoms with Gasteiger partial charge in [0.25, 0.3) is 0 Å². The molecule has 7 heteroatoms. The summed E-state index contributed by atoms with van der Waals surface area (Å²) in [7, 11) is 0. The Labute approximate surface area is 167 Å². The summed E-state index contributed by atoms with van der Waals surface area (Å²) in [4.78, 5) is 27.8. The average Bonchev–Trinajstić information content (AvgIpc) is 2.99. The van der Waals surface area contributed by atoms with Gasteiger partial charge in [0.2, 0.25) is 5.91 Å². The lowest BCUT2D eigenvalue weighted by Gasteiger charge is -2.25. The molecule has 0 bridgehead atoms. The van der Waals surface area contributed by atoms with Gasteiger partial charge in [0, 0.05) is 41.5 Å². The minimum absolute atomic E-state index is 0.0252. The van der Waals surface area contributed by atoms with Crippen LogP contribution in [-0.2, 0) is 35.4 Å². The van der Waals surface area contributed by atoms with Crippen LogP contribution in [0.5, 0.6) is 0 Å². The number of hydrogen-bond acceptors (Lipinski definition) is 3. The fourth-order valence-electron chi connectivity index (χ4n) is 4.16. The van der Waals surface area contributed by atoms with Crippen LogP contribution in [0.2, 0.25) is 0 Å². The van der Waals surface area contributed by atoms with Gasteiger partial charge in [0.1, 0.15) is 12.4 Å². The predicted molar refractivity (Wildman–Crippen MR) is 106 cm³/mol. The molecule has 0 saturated heterocycles. The molecule has 1 aromatic carbocycles. The van der Waals surface area contributed by atoms with E-state index >= 15 is 0 Å². The average molecular weight is 395 g/mol. The normalized spacial score (nSPS) is 15.8. The van der Waals surface area contributed by atoms with E-state index in [0.29, 0.717) is 25.7 Å². The van der Waals surface area contributed by atoms with E-state index in [-0.39, 0.29) is 24.3 Å². The molecule has 0 spiro atoms. The molecule has 1 amide bonds. The van der Waals surface area contributed by atoms with E-state index < -0.39 is 5.97 Å². The maximum Gasteiger partial charge on any atom is 0.323 e. The predicted octanol–water partition coefficient (Wildman–Crippen LogP) is 2.87. The van der Waals surface area contributed by atoms with Crippen LogP contribution >= 0.6 is 0 Å². The Morgan fingerprint density at radius 3 is 2.93 bits per heavy atom. The summed E-state index contributed by atoms with van der Waals surface area (Å²) in [6, 6.07) is 8.19. The lowest BCUT2D eigenvalue weighted by atomic mass is 9.91. The molecule has 2 N–H and O–H groups in total. The number of aryl methyl sites for hydroxylation is 1. The number of aromatic nitrogens is 2. The molecule has 0 fully saturated rings. The van der Waals surface area contributed by atoms with Crippen molar-refractivity contribution in [3.63, 3.8) is 0 Å². The smallest absolute Gasteiger partial charge is 0.323 e. The topological polar surface area (TPSA) is 84.2 Å². The molecule has 0 unspecified atom stereocenters. The summed E-state index contributed by atoms with van der Waals surface area (Å²) in [6.45, 7) is -0.153. The Kier molecular flexibility index (Phi) is 5.29. The largest absolute Gasteiger partial charge is 0.480 e. The molecule has 1 aliphatic rings. The number of nitrogens with one attached hydrogen (secondary N) is 1. The number of halogens is 1. The summed E-state index contributed by atoms with van der Waals surface area (Å²) < 4.78 is 15.6. The number of pyridine rings is 1. The minimum Gasteiger partial charge on any atom is -0.480 e. The Hall–Kier alpha value is -3.22. The number of carboxylic acids is 1. The van der Waals surface area contributed by atoms with Gasteiger partial charge >= 0.3 is 5.97 Å². The van der Waals surface area contributed by atoms with Crippen molar-refractivity contribution in [3.8, 4) is 0 Å². The van der Waals surface area contributed by atoms with Crippen molar-refractivity contribution < 1.29 is 19.1 Å². The molecule has 29 heavy (non-hydrogen) atoms. The van der Waals surface area contributed by atoms with Crippen LogP contribution in [0.3, 0.4) is 0 Å². The summed E-state index contributed by atoms with van der Waals surface area (Å²) in [6.07, 6.45) is 6.40. The summed E-state index contributed by atoms with van der Waals surface area (Å²) in [5, 5.41) is 13.1. The monoisotopic (exact) mass is 395 g/mol. The lowest BCUT2D eigenvalue weighted by molar-refractivity contribution is -0.137. The van der Waals surface area contributed by atoms with Gasteiger partial charge in [0.05, 0.1) is 0 Å². The summed E-state index contributed by atoms with van der Waals surface area (Å²) in [5.74, 6) is -1.31. The fourth-order valence-corrected chi connectivity index (χ4v) is 4.16. The van der Waals surface area contributed by atoms with E-state index in [0.717, 1.165) is 34.1 Å². The van der Waals surface area contributed by atoms with Gasteiger partial charge in [-0.3, -0.25) is 14.6 Å². The molecular formula is C22H22FN3O3. The van der Waals surface area contributed by atoms with Crippen LogP contribution in [0.15, 0.2) is 42.7 Å². The highest BCUT2D eigenvalue weighted by Gasteiger charge is 2.27. The van der Waals surface area contributed by atoms with Crippen molar-refractivity contribution in [2.24, 2.45) is 0 Å². The molecule has 1 atom stereocenters. The van der Waals surface area contributed by atoms with Crippen molar-refractivity contribution in [2.45, 2.75) is 44.7 Å². The zero-order chi connectivity index (χ0) is 20.4. The van der Waals surface area contributed by atoms with E-state index in [9.17, 15) is 19.1 Å². The highest BCUT2D eigenvalue weighted by atomic mass is 19.1. The van der Waals surface area contributed by atoms with Crippen molar-refractivity contribution in [1.82, 2.24) is 14.9 Å². The number of nitrogens with zero attached hydrogens (tertiary/aromatic N) is 2. The highest BCUT2D eigenvalue weighted by molar-refractivity contribution is 5.87. The zero-order valence-corrected chi connectivity index (χ0v) is 15.9. The lowest BCUT2D eigenvalue weighted by Crippen LogP contribution is -2.39. The van der Waals surface area contributed by atoms with Gasteiger partial charge in [-0.25, -0.2) is 4.39 Å². The van der Waals surface area contributed by atoms with Gasteiger partial charge in [0.15, 0.2) is 0 Å². The van der Waals surface area contributed by atoms with E-state index in [1.807, 2.05) is 12.1 Å². The van der Waals surface area contributed by atoms with Gasteiger partial charge in [-0.2, -0.15) is 0 Å². The van der Waals surface area contributed by atoms with Gasteiger partial charge < -0.3 is 15.0 Å². The Morgan fingerprint density at radius 2 is 2.17 bits per heavy atom. The third kappa shape index (κ3) is 4.13. The molecule has 150 valence electrons. The van der Waals surface area contributed by atoms with Crippen LogP contribution in [-0.4, -0.2) is 32.6 Å². The first kappa shape index (κ1) is 19.1. The maximum absolute atomic E-state index is 13.8. The van der Waals surface area contributed by atoms with E-state index in [1.165, 1.54) is 12.1 Å². The molecular weight excluding hydrogens is 373 g/mol. The second-order valence-corrected chi connectivity index (χ2v) is 7.44. The van der Waals surface area contributed by atoms with Crippen LogP contribution in [0.25, 0.3) is 10.9 Å². The number of rotatable bonds is 6. The number of fused-ring (bicyclic) bond motifs is 3. The molecule has 2 aromatic heterocycles. The van der Waals surface area contributed by atoms with Crippen molar-refractivity contribution in [3.05, 3.63) is 65.4 Å². The molecule has 3 aromatic rings. The van der Waals surface area contributed by atoms with Gasteiger partial charge in [-0.1, -0.05) is 6.07 Å². The van der Waals surface area contributed by atoms with Crippen LogP contribution < -0.4 is 5.32 Å². The molecule has 4 rings (SSSR count). The maximum atomic E-state index is 13.8. The number of aliphatic carboxylic acids is 1. The number of benzene rings is 1. The Balaban J connectivity index is 1.50. The number of amides is 1. The van der Waals surface area contributed by atoms with Crippen LogP contribution in [0, 0.1) is 5.82 Å². The van der Waals surface area contributed by atoms with Crippen molar-refractivity contribution in [1.29, 1.82) is 0 Å². The molecule has 2 heterocycles. The summed E-state index contributed by atoms with van der Waals surface area (Å²) >= 11 is 0. The molecule has 1 aliphatic carbocycles. The number of carbonyl (C=O) groups excluding carboxylic acids is 1. The van der Waals surface area contributed by atoms with Crippen molar-refractivity contribution >= 4 is 22.8 Å². The molecule has 6 nitrogen and oxygen atoms in total. The first-order valence-corrected chi connectivity index (χ1v) is 9.71. The van der Waals surface area contributed by atoms with Crippen LogP contribution in [0.1, 0.15) is 29.7 Å². The van der Waals surface area contributed by atoms with Gasteiger partial charge in [-0.05, 0) is 61.1 Å². The third-order valence-electron chi connectivity index (χ3n) is 5.45. The zero-order valence-electron chi connectivity index (χ0n) is 15.9. The Morgan fingerprint density at radius 1 is 1.31 bits per heavy atom. The fraction of sp³-hybridized carbons (Fsp3) is 0.318. The second kappa shape index (κ2) is 8.03. The van der Waals surface area contributed by atoms with E-state index in [1.54, 1.807) is 23.0 Å².